The van der Waals surface area contributed by atoms with Crippen molar-refractivity contribution in [2.45, 2.75) is 32.4 Å². The molecule has 0 unspecified atom stereocenters. The van der Waals surface area contributed by atoms with Crippen molar-refractivity contribution in [1.82, 2.24) is 24.8 Å². The molecule has 134 valence electrons. The summed E-state index contributed by atoms with van der Waals surface area (Å²) in [5.41, 5.74) is 1.80. The van der Waals surface area contributed by atoms with Crippen molar-refractivity contribution in [2.24, 2.45) is 0 Å². The Kier molecular flexibility index (Phi) is 4.62. The molecule has 0 atom stereocenters. The van der Waals surface area contributed by atoms with E-state index in [2.05, 4.69) is 20.1 Å². The highest BCUT2D eigenvalue weighted by Crippen LogP contribution is 2.23. The lowest BCUT2D eigenvalue weighted by Crippen LogP contribution is -2.38. The fourth-order valence-electron chi connectivity index (χ4n) is 3.37. The lowest BCUT2D eigenvalue weighted by Gasteiger charge is -2.31. The second kappa shape index (κ2) is 7.21. The second-order valence-corrected chi connectivity index (χ2v) is 6.61. The Morgan fingerprint density at radius 1 is 1.12 bits per heavy atom. The van der Waals surface area contributed by atoms with Crippen LogP contribution in [-0.4, -0.2) is 37.9 Å². The van der Waals surface area contributed by atoms with Gasteiger partial charge in [-0.05, 0) is 25.8 Å². The van der Waals surface area contributed by atoms with Gasteiger partial charge in [0.15, 0.2) is 5.82 Å². The summed E-state index contributed by atoms with van der Waals surface area (Å²) in [5, 5.41) is 8.45. The molecule has 0 bridgehead atoms. The molecule has 4 rings (SSSR count). The molecule has 0 saturated carbocycles. The lowest BCUT2D eigenvalue weighted by molar-refractivity contribution is 0.154. The van der Waals surface area contributed by atoms with Crippen molar-refractivity contribution >= 4 is 0 Å². The minimum atomic E-state index is -0.0457. The summed E-state index contributed by atoms with van der Waals surface area (Å²) in [6.07, 6.45) is 1.75. The summed E-state index contributed by atoms with van der Waals surface area (Å²) in [7, 11) is 0. The summed E-state index contributed by atoms with van der Waals surface area (Å²) in [4.78, 5) is 18.9. The highest BCUT2D eigenvalue weighted by Gasteiger charge is 2.23. The number of hydrogen-bond donors (Lipinski definition) is 0. The molecule has 1 aliphatic rings. The van der Waals surface area contributed by atoms with Crippen molar-refractivity contribution in [2.75, 3.05) is 13.1 Å². The second-order valence-electron chi connectivity index (χ2n) is 6.61. The number of nitrogens with zero attached hydrogens (tertiary/aromatic N) is 5. The molecule has 0 N–H and O–H groups in total. The Bertz CT molecular complexity index is 926. The average molecular weight is 351 g/mol. The molecule has 3 aromatic rings. The minimum Gasteiger partial charge on any atom is -0.338 e. The SMILES string of the molecule is Cc1noc(CN2CCC(n3nc(-c4ccccc4)ccc3=O)CC2)n1. The number of rotatable bonds is 4. The number of benzene rings is 1. The Balaban J connectivity index is 1.46. The molecule has 26 heavy (non-hydrogen) atoms. The lowest BCUT2D eigenvalue weighted by atomic mass is 10.1. The monoisotopic (exact) mass is 351 g/mol. The van der Waals surface area contributed by atoms with Gasteiger partial charge in [-0.25, -0.2) is 4.68 Å². The molecule has 1 aliphatic heterocycles. The predicted molar refractivity (Wildman–Crippen MR) is 96.5 cm³/mol. The van der Waals surface area contributed by atoms with E-state index < -0.39 is 0 Å². The van der Waals surface area contributed by atoms with E-state index in [0.717, 1.165) is 37.2 Å². The van der Waals surface area contributed by atoms with Gasteiger partial charge in [0.2, 0.25) is 5.89 Å². The van der Waals surface area contributed by atoms with Crippen LogP contribution in [0.3, 0.4) is 0 Å². The fourth-order valence-corrected chi connectivity index (χ4v) is 3.37. The highest BCUT2D eigenvalue weighted by atomic mass is 16.5. The number of aryl methyl sites for hydroxylation is 1. The van der Waals surface area contributed by atoms with Crippen molar-refractivity contribution in [1.29, 1.82) is 0 Å². The standard InChI is InChI=1S/C19H21N5O2/c1-14-20-18(26-22-14)13-23-11-9-16(10-12-23)24-19(25)8-7-17(21-24)15-5-3-2-4-6-15/h2-8,16H,9-13H2,1H3. The van der Waals surface area contributed by atoms with Crippen LogP contribution in [0, 0.1) is 6.92 Å². The molecule has 0 spiro atoms. The number of piperidine rings is 1. The molecule has 7 heteroatoms. The van der Waals surface area contributed by atoms with Crippen LogP contribution in [0.5, 0.6) is 0 Å². The summed E-state index contributed by atoms with van der Waals surface area (Å²) < 4.78 is 6.84. The minimum absolute atomic E-state index is 0.0457. The number of aromatic nitrogens is 4. The predicted octanol–water partition coefficient (Wildman–Crippen LogP) is 2.44. The van der Waals surface area contributed by atoms with Crippen LogP contribution in [0.2, 0.25) is 0 Å². The van der Waals surface area contributed by atoms with Crippen LogP contribution < -0.4 is 5.56 Å². The molecule has 3 heterocycles. The Labute approximate surface area is 151 Å². The van der Waals surface area contributed by atoms with E-state index in [4.69, 9.17) is 4.52 Å². The largest absolute Gasteiger partial charge is 0.338 e. The smallest absolute Gasteiger partial charge is 0.267 e. The number of hydrogen-bond acceptors (Lipinski definition) is 6. The van der Waals surface area contributed by atoms with E-state index in [1.807, 2.05) is 37.3 Å². The van der Waals surface area contributed by atoms with Gasteiger partial charge in [-0.15, -0.1) is 0 Å². The molecule has 1 saturated heterocycles. The average Bonchev–Trinajstić information content (AvgIpc) is 3.08. The zero-order valence-corrected chi connectivity index (χ0v) is 14.7. The topological polar surface area (TPSA) is 77.0 Å². The van der Waals surface area contributed by atoms with Gasteiger partial charge >= 0.3 is 0 Å². The van der Waals surface area contributed by atoms with Crippen LogP contribution in [0.1, 0.15) is 30.6 Å². The quantitative estimate of drug-likeness (QED) is 0.718. The Morgan fingerprint density at radius 3 is 2.58 bits per heavy atom. The third-order valence-corrected chi connectivity index (χ3v) is 4.73. The molecule has 2 aromatic heterocycles. The normalized spacial score (nSPS) is 16.0. The zero-order valence-electron chi connectivity index (χ0n) is 14.7. The summed E-state index contributed by atoms with van der Waals surface area (Å²) in [6.45, 7) is 4.21. The van der Waals surface area contributed by atoms with E-state index in [9.17, 15) is 4.79 Å². The van der Waals surface area contributed by atoms with Gasteiger partial charge < -0.3 is 4.52 Å². The Morgan fingerprint density at radius 2 is 1.88 bits per heavy atom. The van der Waals surface area contributed by atoms with Crippen LogP contribution in [-0.2, 0) is 6.54 Å². The first kappa shape index (κ1) is 16.7. The van der Waals surface area contributed by atoms with E-state index in [1.54, 1.807) is 16.8 Å². The van der Waals surface area contributed by atoms with Gasteiger partial charge in [-0.2, -0.15) is 10.1 Å². The summed E-state index contributed by atoms with van der Waals surface area (Å²) >= 11 is 0. The maximum absolute atomic E-state index is 12.3. The van der Waals surface area contributed by atoms with Gasteiger partial charge in [0, 0.05) is 24.7 Å². The highest BCUT2D eigenvalue weighted by molar-refractivity contribution is 5.57. The van der Waals surface area contributed by atoms with Crippen molar-refractivity contribution in [3.63, 3.8) is 0 Å². The van der Waals surface area contributed by atoms with Crippen LogP contribution in [0.15, 0.2) is 51.8 Å². The number of likely N-dealkylation sites (tertiary alicyclic amines) is 1. The molecule has 1 fully saturated rings. The first-order valence-corrected chi connectivity index (χ1v) is 8.86. The zero-order chi connectivity index (χ0) is 17.9. The third kappa shape index (κ3) is 3.57. The Hall–Kier alpha value is -2.80. The molecule has 7 nitrogen and oxygen atoms in total. The van der Waals surface area contributed by atoms with E-state index >= 15 is 0 Å². The van der Waals surface area contributed by atoms with Gasteiger partial charge in [0.25, 0.3) is 5.56 Å². The summed E-state index contributed by atoms with van der Waals surface area (Å²) in [6, 6.07) is 13.5. The molecular formula is C19H21N5O2. The summed E-state index contributed by atoms with van der Waals surface area (Å²) in [5.74, 6) is 1.30. The maximum Gasteiger partial charge on any atom is 0.267 e. The van der Waals surface area contributed by atoms with Gasteiger partial charge in [-0.1, -0.05) is 35.5 Å². The fraction of sp³-hybridized carbons (Fsp3) is 0.368. The first-order chi connectivity index (χ1) is 12.7. The third-order valence-electron chi connectivity index (χ3n) is 4.73. The van der Waals surface area contributed by atoms with E-state index in [1.165, 1.54) is 0 Å². The van der Waals surface area contributed by atoms with Crippen molar-refractivity contribution in [3.05, 3.63) is 64.5 Å². The first-order valence-electron chi connectivity index (χ1n) is 8.86. The van der Waals surface area contributed by atoms with Gasteiger partial charge in [0.05, 0.1) is 18.3 Å². The van der Waals surface area contributed by atoms with E-state index in [0.29, 0.717) is 18.3 Å². The van der Waals surface area contributed by atoms with Gasteiger partial charge in [0.1, 0.15) is 0 Å². The molecule has 0 radical (unpaired) electrons. The molecule has 0 amide bonds. The van der Waals surface area contributed by atoms with Crippen molar-refractivity contribution in [3.8, 4) is 11.3 Å². The van der Waals surface area contributed by atoms with Crippen molar-refractivity contribution < 1.29 is 4.52 Å². The molecule has 0 aliphatic carbocycles. The van der Waals surface area contributed by atoms with E-state index in [-0.39, 0.29) is 11.6 Å². The van der Waals surface area contributed by atoms with Gasteiger partial charge in [-0.3, -0.25) is 9.69 Å². The molecule has 1 aromatic carbocycles. The van der Waals surface area contributed by atoms with Crippen LogP contribution in [0.4, 0.5) is 0 Å². The van der Waals surface area contributed by atoms with Crippen LogP contribution in [0.25, 0.3) is 11.3 Å². The van der Waals surface area contributed by atoms with Crippen LogP contribution >= 0.6 is 0 Å². The molecular weight excluding hydrogens is 330 g/mol. The maximum atomic E-state index is 12.3.